The molecule has 1 heterocycles. The van der Waals surface area contributed by atoms with Gasteiger partial charge in [0.2, 0.25) is 5.91 Å². The Kier molecular flexibility index (Phi) is 5.40. The zero-order valence-corrected chi connectivity index (χ0v) is 14.3. The molecule has 1 aromatic carbocycles. The highest BCUT2D eigenvalue weighted by atomic mass is 35.5. The Labute approximate surface area is 142 Å². The van der Waals surface area contributed by atoms with Crippen molar-refractivity contribution in [3.63, 3.8) is 0 Å². The summed E-state index contributed by atoms with van der Waals surface area (Å²) in [6.45, 7) is 0. The Morgan fingerprint density at radius 2 is 1.87 bits per heavy atom. The zero-order chi connectivity index (χ0) is 17.0. The lowest BCUT2D eigenvalue weighted by molar-refractivity contribution is -0.113. The second kappa shape index (κ2) is 7.12. The predicted molar refractivity (Wildman–Crippen MR) is 87.8 cm³/mol. The van der Waals surface area contributed by atoms with Crippen LogP contribution in [0.5, 0.6) is 0 Å². The van der Waals surface area contributed by atoms with E-state index in [9.17, 15) is 18.0 Å². The van der Waals surface area contributed by atoms with Gasteiger partial charge in [0.25, 0.3) is 0 Å². The summed E-state index contributed by atoms with van der Waals surface area (Å²) in [5.74, 6) is -2.10. The van der Waals surface area contributed by atoms with E-state index in [1.54, 1.807) is 5.38 Å². The number of rotatable bonds is 5. The van der Waals surface area contributed by atoms with Crippen LogP contribution in [-0.4, -0.2) is 33.2 Å². The van der Waals surface area contributed by atoms with E-state index in [4.69, 9.17) is 11.6 Å². The van der Waals surface area contributed by atoms with Crippen molar-refractivity contribution in [1.29, 1.82) is 0 Å². The Balaban J connectivity index is 2.12. The summed E-state index contributed by atoms with van der Waals surface area (Å²) in [7, 11) is -2.58. The third-order valence-corrected chi connectivity index (χ3v) is 5.53. The van der Waals surface area contributed by atoms with Gasteiger partial charge in [-0.2, -0.15) is 0 Å². The molecule has 2 rings (SSSR count). The van der Waals surface area contributed by atoms with Crippen molar-refractivity contribution >= 4 is 49.7 Å². The van der Waals surface area contributed by atoms with E-state index >= 15 is 0 Å². The number of esters is 1. The van der Waals surface area contributed by atoms with E-state index in [1.165, 1.54) is 37.4 Å². The number of carbonyl (C=O) groups excluding carboxylic acids is 2. The lowest BCUT2D eigenvalue weighted by Crippen LogP contribution is -2.23. The number of halogens is 1. The number of benzene rings is 1. The van der Waals surface area contributed by atoms with Crippen LogP contribution in [0.2, 0.25) is 5.02 Å². The minimum atomic E-state index is -3.80. The molecule has 1 amide bonds. The molecule has 1 N–H and O–H groups in total. The molecule has 9 heteroatoms. The monoisotopic (exact) mass is 373 g/mol. The molecule has 0 bridgehead atoms. The first kappa shape index (κ1) is 17.5. The Morgan fingerprint density at radius 3 is 2.48 bits per heavy atom. The third kappa shape index (κ3) is 4.31. The standard InChI is InChI=1S/C14H12ClNO5S2/c1-21-14(18)11-6-7-22-13(11)16-12(17)8-23(19,20)10-4-2-9(15)3-5-10/h2-7H,8H2,1H3,(H,16,17). The topological polar surface area (TPSA) is 89.5 Å². The van der Waals surface area contributed by atoms with Crippen LogP contribution < -0.4 is 5.32 Å². The predicted octanol–water partition coefficient (Wildman–Crippen LogP) is 2.60. The van der Waals surface area contributed by atoms with Crippen LogP contribution in [0.4, 0.5) is 5.00 Å². The van der Waals surface area contributed by atoms with Crippen molar-refractivity contribution in [2.45, 2.75) is 4.90 Å². The first-order chi connectivity index (χ1) is 10.8. The Morgan fingerprint density at radius 1 is 1.22 bits per heavy atom. The number of ether oxygens (including phenoxy) is 1. The zero-order valence-electron chi connectivity index (χ0n) is 11.9. The van der Waals surface area contributed by atoms with E-state index in [1.807, 2.05) is 0 Å². The van der Waals surface area contributed by atoms with Crippen molar-refractivity contribution in [2.75, 3.05) is 18.2 Å². The normalized spacial score (nSPS) is 11.0. The van der Waals surface area contributed by atoms with Gasteiger partial charge in [-0.05, 0) is 35.7 Å². The van der Waals surface area contributed by atoms with E-state index in [-0.39, 0.29) is 15.5 Å². The number of thiophene rings is 1. The summed E-state index contributed by atoms with van der Waals surface area (Å²) >= 11 is 6.81. The highest BCUT2D eigenvalue weighted by molar-refractivity contribution is 7.92. The summed E-state index contributed by atoms with van der Waals surface area (Å²) in [4.78, 5) is 23.5. The summed E-state index contributed by atoms with van der Waals surface area (Å²) in [5, 5.41) is 4.65. The highest BCUT2D eigenvalue weighted by Gasteiger charge is 2.21. The quantitative estimate of drug-likeness (QED) is 0.813. The SMILES string of the molecule is COC(=O)c1ccsc1NC(=O)CS(=O)(=O)c1ccc(Cl)cc1. The van der Waals surface area contributed by atoms with E-state index in [2.05, 4.69) is 10.1 Å². The second-order valence-electron chi connectivity index (χ2n) is 4.42. The van der Waals surface area contributed by atoms with Gasteiger partial charge in [0.1, 0.15) is 10.8 Å². The van der Waals surface area contributed by atoms with E-state index in [0.29, 0.717) is 5.02 Å². The van der Waals surface area contributed by atoms with Crippen molar-refractivity contribution in [3.05, 3.63) is 46.3 Å². The molecule has 0 aliphatic rings. The fourth-order valence-electron chi connectivity index (χ4n) is 1.74. The molecule has 0 aliphatic heterocycles. The molecule has 0 fully saturated rings. The number of methoxy groups -OCH3 is 1. The summed E-state index contributed by atoms with van der Waals surface area (Å²) in [5.41, 5.74) is 0.176. The van der Waals surface area contributed by atoms with E-state index in [0.717, 1.165) is 11.3 Å². The van der Waals surface area contributed by atoms with Crippen molar-refractivity contribution < 1.29 is 22.7 Å². The average Bonchev–Trinajstić information content (AvgIpc) is 2.94. The molecule has 0 saturated heterocycles. The first-order valence-corrected chi connectivity index (χ1v) is 9.18. The summed E-state index contributed by atoms with van der Waals surface area (Å²) < 4.78 is 28.9. The molecule has 23 heavy (non-hydrogen) atoms. The van der Waals surface area contributed by atoms with Crippen molar-refractivity contribution in [3.8, 4) is 0 Å². The number of carbonyl (C=O) groups is 2. The van der Waals surface area contributed by atoms with Gasteiger partial charge in [0.15, 0.2) is 9.84 Å². The molecule has 0 spiro atoms. The molecule has 2 aromatic rings. The van der Waals surface area contributed by atoms with Crippen LogP contribution >= 0.6 is 22.9 Å². The molecule has 1 aromatic heterocycles. The number of nitrogens with one attached hydrogen (secondary N) is 1. The molecular weight excluding hydrogens is 362 g/mol. The number of hydrogen-bond donors (Lipinski definition) is 1. The average molecular weight is 374 g/mol. The van der Waals surface area contributed by atoms with Crippen LogP contribution in [0.25, 0.3) is 0 Å². The van der Waals surface area contributed by atoms with Gasteiger partial charge in [-0.15, -0.1) is 11.3 Å². The molecule has 0 saturated carbocycles. The number of sulfone groups is 1. The van der Waals surface area contributed by atoms with Gasteiger partial charge in [-0.3, -0.25) is 4.79 Å². The fourth-order valence-corrected chi connectivity index (χ4v) is 3.79. The first-order valence-electron chi connectivity index (χ1n) is 6.27. The van der Waals surface area contributed by atoms with Gasteiger partial charge >= 0.3 is 5.97 Å². The number of hydrogen-bond acceptors (Lipinski definition) is 6. The van der Waals surface area contributed by atoms with Gasteiger partial charge in [0, 0.05) is 5.02 Å². The number of anilines is 1. The fraction of sp³-hybridized carbons (Fsp3) is 0.143. The van der Waals surface area contributed by atoms with E-state index < -0.39 is 27.5 Å². The van der Waals surface area contributed by atoms with Crippen molar-refractivity contribution in [1.82, 2.24) is 0 Å². The third-order valence-electron chi connectivity index (χ3n) is 2.82. The minimum Gasteiger partial charge on any atom is -0.465 e. The number of amides is 1. The lowest BCUT2D eigenvalue weighted by atomic mass is 10.3. The second-order valence-corrected chi connectivity index (χ2v) is 7.76. The van der Waals surface area contributed by atoms with Crippen LogP contribution in [-0.2, 0) is 19.4 Å². The van der Waals surface area contributed by atoms with Crippen LogP contribution in [0, 0.1) is 0 Å². The minimum absolute atomic E-state index is 0.00331. The molecule has 122 valence electrons. The maximum Gasteiger partial charge on any atom is 0.340 e. The molecular formula is C14H12ClNO5S2. The lowest BCUT2D eigenvalue weighted by Gasteiger charge is -2.07. The maximum atomic E-state index is 12.2. The van der Waals surface area contributed by atoms with Crippen LogP contribution in [0.1, 0.15) is 10.4 Å². The largest absolute Gasteiger partial charge is 0.465 e. The Bertz CT molecular complexity index is 827. The summed E-state index contributed by atoms with van der Waals surface area (Å²) in [6.07, 6.45) is 0. The molecule has 0 unspecified atom stereocenters. The molecule has 6 nitrogen and oxygen atoms in total. The molecule has 0 atom stereocenters. The van der Waals surface area contributed by atoms with Gasteiger partial charge in [-0.25, -0.2) is 13.2 Å². The molecule has 0 radical (unpaired) electrons. The molecule has 0 aliphatic carbocycles. The smallest absolute Gasteiger partial charge is 0.340 e. The van der Waals surface area contributed by atoms with Gasteiger partial charge in [0.05, 0.1) is 17.6 Å². The van der Waals surface area contributed by atoms with Gasteiger partial charge < -0.3 is 10.1 Å². The van der Waals surface area contributed by atoms with Crippen molar-refractivity contribution in [2.24, 2.45) is 0 Å². The Hall–Kier alpha value is -1.90. The highest BCUT2D eigenvalue weighted by Crippen LogP contribution is 2.24. The maximum absolute atomic E-state index is 12.2. The van der Waals surface area contributed by atoms with Gasteiger partial charge in [-0.1, -0.05) is 11.6 Å². The summed E-state index contributed by atoms with van der Waals surface area (Å²) in [6, 6.07) is 7.01. The van der Waals surface area contributed by atoms with Crippen LogP contribution in [0.3, 0.4) is 0 Å². The van der Waals surface area contributed by atoms with Crippen LogP contribution in [0.15, 0.2) is 40.6 Å².